The summed E-state index contributed by atoms with van der Waals surface area (Å²) < 4.78 is 2.51. The zero-order chi connectivity index (χ0) is 16.7. The van der Waals surface area contributed by atoms with Crippen LogP contribution in [0, 0.1) is 10.1 Å². The lowest BCUT2D eigenvalue weighted by Crippen LogP contribution is -2.22. The standard InChI is InChI=1S/C15H16N4O3S/c1-4-8(2)18-7-17-12-11-9(16-3)5-6-10(19(21)22)13(11)23-14(12)15(18)20/h5-8,16H,4H2,1-3H3. The maximum atomic E-state index is 12.7. The van der Waals surface area contributed by atoms with Gasteiger partial charge < -0.3 is 5.32 Å². The molecule has 3 rings (SSSR count). The van der Waals surface area contributed by atoms with Gasteiger partial charge in [0.1, 0.15) is 9.40 Å². The summed E-state index contributed by atoms with van der Waals surface area (Å²) in [5, 5.41) is 14.9. The fourth-order valence-electron chi connectivity index (χ4n) is 2.59. The molecule has 0 amide bonds. The molecule has 2 heterocycles. The number of nitro groups is 1. The summed E-state index contributed by atoms with van der Waals surface area (Å²) in [5.74, 6) is 0. The van der Waals surface area contributed by atoms with Gasteiger partial charge in [-0.05, 0) is 19.4 Å². The van der Waals surface area contributed by atoms with Crippen molar-refractivity contribution in [3.63, 3.8) is 0 Å². The summed E-state index contributed by atoms with van der Waals surface area (Å²) in [7, 11) is 1.74. The van der Waals surface area contributed by atoms with Crippen LogP contribution in [0.1, 0.15) is 26.3 Å². The number of rotatable bonds is 4. The first-order valence-electron chi connectivity index (χ1n) is 7.28. The van der Waals surface area contributed by atoms with E-state index in [0.29, 0.717) is 20.3 Å². The Morgan fingerprint density at radius 3 is 2.78 bits per heavy atom. The molecule has 0 saturated heterocycles. The van der Waals surface area contributed by atoms with Crippen molar-refractivity contribution in [2.45, 2.75) is 26.3 Å². The summed E-state index contributed by atoms with van der Waals surface area (Å²) in [4.78, 5) is 28.0. The minimum absolute atomic E-state index is 0.00325. The van der Waals surface area contributed by atoms with Gasteiger partial charge in [-0.3, -0.25) is 19.5 Å². The fraction of sp³-hybridized carbons (Fsp3) is 0.333. The first-order chi connectivity index (χ1) is 11.0. The normalized spacial score (nSPS) is 12.7. The number of fused-ring (bicyclic) bond motifs is 3. The Hall–Kier alpha value is -2.48. The average Bonchev–Trinajstić information content (AvgIpc) is 2.94. The maximum Gasteiger partial charge on any atom is 0.287 e. The van der Waals surface area contributed by atoms with Crippen LogP contribution in [0.25, 0.3) is 20.3 Å². The molecule has 0 radical (unpaired) electrons. The molecule has 23 heavy (non-hydrogen) atoms. The highest BCUT2D eigenvalue weighted by Crippen LogP contribution is 2.41. The van der Waals surface area contributed by atoms with E-state index in [1.807, 2.05) is 13.8 Å². The number of hydrogen-bond acceptors (Lipinski definition) is 6. The van der Waals surface area contributed by atoms with E-state index in [-0.39, 0.29) is 17.3 Å². The van der Waals surface area contributed by atoms with Crippen LogP contribution in [-0.2, 0) is 0 Å². The van der Waals surface area contributed by atoms with Gasteiger partial charge in [0, 0.05) is 30.2 Å². The van der Waals surface area contributed by atoms with Gasteiger partial charge >= 0.3 is 0 Å². The minimum Gasteiger partial charge on any atom is -0.388 e. The Balaban J connectivity index is 2.47. The van der Waals surface area contributed by atoms with Gasteiger partial charge in [-0.15, -0.1) is 11.3 Å². The predicted octanol–water partition coefficient (Wildman–Crippen LogP) is 3.53. The molecular weight excluding hydrogens is 316 g/mol. The van der Waals surface area contributed by atoms with E-state index in [1.54, 1.807) is 17.7 Å². The van der Waals surface area contributed by atoms with Gasteiger partial charge in [-0.25, -0.2) is 4.98 Å². The number of non-ortho nitro benzene ring substituents is 1. The third-order valence-corrected chi connectivity index (χ3v) is 5.25. The van der Waals surface area contributed by atoms with Crippen LogP contribution < -0.4 is 10.9 Å². The second kappa shape index (κ2) is 5.62. The number of benzene rings is 1. The Morgan fingerprint density at radius 1 is 1.43 bits per heavy atom. The number of anilines is 1. The minimum atomic E-state index is -0.426. The highest BCUT2D eigenvalue weighted by molar-refractivity contribution is 7.26. The fourth-order valence-corrected chi connectivity index (χ4v) is 3.80. The quantitative estimate of drug-likeness (QED) is 0.583. The Kier molecular flexibility index (Phi) is 3.77. The van der Waals surface area contributed by atoms with E-state index in [2.05, 4.69) is 10.3 Å². The van der Waals surface area contributed by atoms with Gasteiger partial charge in [0.25, 0.3) is 11.2 Å². The summed E-state index contributed by atoms with van der Waals surface area (Å²) in [6, 6.07) is 3.13. The van der Waals surface area contributed by atoms with Gasteiger partial charge in [-0.1, -0.05) is 6.92 Å². The van der Waals surface area contributed by atoms with Crippen molar-refractivity contribution in [1.29, 1.82) is 0 Å². The number of aromatic nitrogens is 2. The van der Waals surface area contributed by atoms with Crippen LogP contribution in [-0.4, -0.2) is 21.5 Å². The molecule has 120 valence electrons. The van der Waals surface area contributed by atoms with Crippen LogP contribution in [0.2, 0.25) is 0 Å². The van der Waals surface area contributed by atoms with Gasteiger partial charge in [-0.2, -0.15) is 0 Å². The number of nitrogens with one attached hydrogen (secondary N) is 1. The van der Waals surface area contributed by atoms with Crippen molar-refractivity contribution in [2.24, 2.45) is 0 Å². The van der Waals surface area contributed by atoms with Gasteiger partial charge in [0.05, 0.1) is 16.8 Å². The third-order valence-electron chi connectivity index (χ3n) is 4.06. The molecule has 0 saturated carbocycles. The second-order valence-electron chi connectivity index (χ2n) is 5.34. The lowest BCUT2D eigenvalue weighted by atomic mass is 10.1. The Morgan fingerprint density at radius 2 is 2.17 bits per heavy atom. The van der Waals surface area contributed by atoms with E-state index in [1.165, 1.54) is 12.4 Å². The van der Waals surface area contributed by atoms with E-state index < -0.39 is 4.92 Å². The summed E-state index contributed by atoms with van der Waals surface area (Å²) in [6.45, 7) is 3.94. The smallest absolute Gasteiger partial charge is 0.287 e. The van der Waals surface area contributed by atoms with E-state index in [9.17, 15) is 14.9 Å². The highest BCUT2D eigenvalue weighted by atomic mass is 32.1. The second-order valence-corrected chi connectivity index (χ2v) is 6.36. The summed E-state index contributed by atoms with van der Waals surface area (Å²) >= 11 is 1.14. The summed E-state index contributed by atoms with van der Waals surface area (Å²) in [6.07, 6.45) is 2.34. The third kappa shape index (κ3) is 2.26. The molecule has 0 spiro atoms. The Labute approximate surface area is 135 Å². The van der Waals surface area contributed by atoms with E-state index in [4.69, 9.17) is 0 Å². The first kappa shape index (κ1) is 15.4. The van der Waals surface area contributed by atoms with Crippen LogP contribution >= 0.6 is 11.3 Å². The molecule has 2 aromatic heterocycles. The van der Waals surface area contributed by atoms with E-state index >= 15 is 0 Å². The molecule has 3 aromatic rings. The summed E-state index contributed by atoms with van der Waals surface area (Å²) in [5.41, 5.74) is 1.09. The van der Waals surface area contributed by atoms with Crippen molar-refractivity contribution in [3.05, 3.63) is 38.9 Å². The first-order valence-corrected chi connectivity index (χ1v) is 8.09. The van der Waals surface area contributed by atoms with Crippen molar-refractivity contribution in [1.82, 2.24) is 9.55 Å². The topological polar surface area (TPSA) is 90.1 Å². The van der Waals surface area contributed by atoms with Crippen LogP contribution in [0.5, 0.6) is 0 Å². The molecule has 1 unspecified atom stereocenters. The van der Waals surface area contributed by atoms with Crippen molar-refractivity contribution >= 4 is 43.0 Å². The zero-order valence-corrected chi connectivity index (χ0v) is 13.8. The number of nitro benzene ring substituents is 1. The zero-order valence-electron chi connectivity index (χ0n) is 13.0. The molecule has 0 bridgehead atoms. The molecule has 7 nitrogen and oxygen atoms in total. The molecule has 1 aromatic carbocycles. The molecule has 8 heteroatoms. The van der Waals surface area contributed by atoms with Crippen molar-refractivity contribution in [3.8, 4) is 0 Å². The molecule has 0 aliphatic carbocycles. The lowest BCUT2D eigenvalue weighted by Gasteiger charge is -2.11. The largest absolute Gasteiger partial charge is 0.388 e. The SMILES string of the molecule is CCC(C)n1cnc2c(sc3c([N+](=O)[O-])ccc(NC)c32)c1=O. The van der Waals surface area contributed by atoms with Crippen LogP contribution in [0.4, 0.5) is 11.4 Å². The van der Waals surface area contributed by atoms with Gasteiger partial charge in [0.2, 0.25) is 0 Å². The molecule has 0 aliphatic rings. The predicted molar refractivity (Wildman–Crippen MR) is 92.6 cm³/mol. The highest BCUT2D eigenvalue weighted by Gasteiger charge is 2.22. The van der Waals surface area contributed by atoms with Crippen molar-refractivity contribution < 1.29 is 4.92 Å². The number of hydrogen-bond donors (Lipinski definition) is 1. The number of nitrogens with zero attached hydrogens (tertiary/aromatic N) is 3. The lowest BCUT2D eigenvalue weighted by molar-refractivity contribution is -0.382. The van der Waals surface area contributed by atoms with Crippen molar-refractivity contribution in [2.75, 3.05) is 12.4 Å². The number of thiophene rings is 1. The average molecular weight is 332 g/mol. The van der Waals surface area contributed by atoms with E-state index in [0.717, 1.165) is 23.4 Å². The van der Waals surface area contributed by atoms with Gasteiger partial charge in [0.15, 0.2) is 0 Å². The monoisotopic (exact) mass is 332 g/mol. The molecule has 1 N–H and O–H groups in total. The van der Waals surface area contributed by atoms with Crippen LogP contribution in [0.15, 0.2) is 23.3 Å². The van der Waals surface area contributed by atoms with Crippen LogP contribution in [0.3, 0.4) is 0 Å². The maximum absolute atomic E-state index is 12.7. The molecular formula is C15H16N4O3S. The Bertz CT molecular complexity index is 976. The molecule has 0 fully saturated rings. The molecule has 1 atom stereocenters. The molecule has 0 aliphatic heterocycles.